The molecule has 6 heteroatoms. The molecule has 1 saturated heterocycles. The smallest absolute Gasteiger partial charge is 0.242 e. The van der Waals surface area contributed by atoms with Crippen LogP contribution in [0.5, 0.6) is 0 Å². The lowest BCUT2D eigenvalue weighted by molar-refractivity contribution is -0.150. The normalized spacial score (nSPS) is 25.3. The van der Waals surface area contributed by atoms with Crippen LogP contribution in [-0.4, -0.2) is 41.3 Å². The van der Waals surface area contributed by atoms with Crippen LogP contribution in [0.1, 0.15) is 38.5 Å². The Balaban J connectivity index is 2.20. The van der Waals surface area contributed by atoms with Crippen molar-refractivity contribution in [2.75, 3.05) is 13.6 Å². The van der Waals surface area contributed by atoms with Crippen LogP contribution in [-0.2, 0) is 9.59 Å². The number of piperidine rings is 1. The first-order valence-corrected chi connectivity index (χ1v) is 7.26. The van der Waals surface area contributed by atoms with Crippen LogP contribution in [0.25, 0.3) is 0 Å². The third-order valence-electron chi connectivity index (χ3n) is 4.40. The van der Waals surface area contributed by atoms with Crippen molar-refractivity contribution in [1.29, 1.82) is 0 Å². The summed E-state index contributed by atoms with van der Waals surface area (Å²) in [5, 5.41) is 2.64. The molecule has 0 bridgehead atoms. The monoisotopic (exact) mass is 283 g/mol. The molecule has 1 atom stereocenters. The van der Waals surface area contributed by atoms with Gasteiger partial charge in [-0.05, 0) is 32.1 Å². The first kappa shape index (κ1) is 14.2. The lowest BCUT2D eigenvalue weighted by atomic mass is 9.67. The van der Waals surface area contributed by atoms with E-state index < -0.39 is 5.41 Å². The minimum Gasteiger partial charge on any atom is -0.392 e. The highest BCUT2D eigenvalue weighted by molar-refractivity contribution is 7.80. The Morgan fingerprint density at radius 1 is 1.32 bits per heavy atom. The van der Waals surface area contributed by atoms with Crippen LogP contribution in [0, 0.1) is 5.41 Å². The average Bonchev–Trinajstić information content (AvgIpc) is 2.36. The molecular weight excluding hydrogens is 262 g/mol. The lowest BCUT2D eigenvalue weighted by Gasteiger charge is -2.45. The van der Waals surface area contributed by atoms with Crippen molar-refractivity contribution in [3.63, 3.8) is 0 Å². The second-order valence-electron chi connectivity index (χ2n) is 5.42. The largest absolute Gasteiger partial charge is 0.392 e. The Labute approximate surface area is 118 Å². The van der Waals surface area contributed by atoms with Gasteiger partial charge in [0, 0.05) is 13.6 Å². The molecule has 2 rings (SSSR count). The highest BCUT2D eigenvalue weighted by Gasteiger charge is 2.50. The Morgan fingerprint density at radius 2 is 2.00 bits per heavy atom. The van der Waals surface area contributed by atoms with Gasteiger partial charge in [-0.1, -0.05) is 18.6 Å². The number of hydrogen-bond donors (Lipinski definition) is 2. The first-order chi connectivity index (χ1) is 9.03. The van der Waals surface area contributed by atoms with Gasteiger partial charge in [-0.2, -0.15) is 0 Å². The van der Waals surface area contributed by atoms with E-state index in [1.54, 1.807) is 11.9 Å². The Hall–Kier alpha value is -1.17. The van der Waals surface area contributed by atoms with E-state index >= 15 is 0 Å². The lowest BCUT2D eigenvalue weighted by Crippen LogP contribution is -2.60. The van der Waals surface area contributed by atoms with E-state index in [1.807, 2.05) is 0 Å². The van der Waals surface area contributed by atoms with Crippen LogP contribution in [0.2, 0.25) is 0 Å². The molecule has 5 nitrogen and oxygen atoms in total. The van der Waals surface area contributed by atoms with Crippen LogP contribution >= 0.6 is 12.2 Å². The standard InChI is InChI=1S/C13H21N3O2S/c1-15-10(17)9-5-2-3-8-16(9)12(18)13(11(14)19)6-4-7-13/h9H,2-8H2,1H3,(H2,14,19)(H,15,17). The van der Waals surface area contributed by atoms with Crippen molar-refractivity contribution in [1.82, 2.24) is 10.2 Å². The Morgan fingerprint density at radius 3 is 2.47 bits per heavy atom. The number of hydrogen-bond acceptors (Lipinski definition) is 3. The van der Waals surface area contributed by atoms with E-state index in [2.05, 4.69) is 5.32 Å². The third-order valence-corrected chi connectivity index (χ3v) is 4.79. The molecule has 3 N–H and O–H groups in total. The number of nitrogens with two attached hydrogens (primary N) is 1. The summed E-state index contributed by atoms with van der Waals surface area (Å²) in [6.07, 6.45) is 5.05. The van der Waals surface area contributed by atoms with Gasteiger partial charge in [-0.25, -0.2) is 0 Å². The van der Waals surface area contributed by atoms with Crippen molar-refractivity contribution >= 4 is 29.0 Å². The van der Waals surface area contributed by atoms with Gasteiger partial charge in [0.15, 0.2) is 0 Å². The molecule has 2 fully saturated rings. The second kappa shape index (κ2) is 5.45. The van der Waals surface area contributed by atoms with Gasteiger partial charge in [0.2, 0.25) is 11.8 Å². The number of thiocarbonyl (C=S) groups is 1. The predicted molar refractivity (Wildman–Crippen MR) is 76.5 cm³/mol. The number of rotatable bonds is 3. The van der Waals surface area contributed by atoms with Crippen LogP contribution < -0.4 is 11.1 Å². The quantitative estimate of drug-likeness (QED) is 0.743. The zero-order chi connectivity index (χ0) is 14.0. The summed E-state index contributed by atoms with van der Waals surface area (Å²) in [6.45, 7) is 0.626. The highest BCUT2D eigenvalue weighted by Crippen LogP contribution is 2.43. The minimum absolute atomic E-state index is 0.0421. The summed E-state index contributed by atoms with van der Waals surface area (Å²) in [5.74, 6) is -0.134. The zero-order valence-corrected chi connectivity index (χ0v) is 12.1. The van der Waals surface area contributed by atoms with Gasteiger partial charge in [-0.3, -0.25) is 9.59 Å². The number of nitrogens with zero attached hydrogens (tertiary/aromatic N) is 1. The molecule has 0 aromatic rings. The molecule has 19 heavy (non-hydrogen) atoms. The van der Waals surface area contributed by atoms with Crippen LogP contribution in [0.4, 0.5) is 0 Å². The van der Waals surface area contributed by atoms with Gasteiger partial charge in [0.25, 0.3) is 0 Å². The van der Waals surface area contributed by atoms with Crippen molar-refractivity contribution in [2.24, 2.45) is 11.1 Å². The molecule has 1 aliphatic carbocycles. The molecule has 1 heterocycles. The average molecular weight is 283 g/mol. The fourth-order valence-corrected chi connectivity index (χ4v) is 3.28. The van der Waals surface area contributed by atoms with E-state index in [9.17, 15) is 9.59 Å². The molecule has 0 radical (unpaired) electrons. The van der Waals surface area contributed by atoms with E-state index in [0.717, 1.165) is 38.5 Å². The number of carbonyl (C=O) groups excluding carboxylic acids is 2. The number of likely N-dealkylation sites (N-methyl/N-ethyl adjacent to an activating group) is 1. The van der Waals surface area contributed by atoms with Gasteiger partial charge in [0.05, 0.1) is 10.4 Å². The summed E-state index contributed by atoms with van der Waals surface area (Å²) in [4.78, 5) is 26.6. The van der Waals surface area contributed by atoms with Gasteiger partial charge in [0.1, 0.15) is 6.04 Å². The molecule has 0 aromatic carbocycles. The summed E-state index contributed by atoms with van der Waals surface area (Å²) in [5.41, 5.74) is 5.10. The van der Waals surface area contributed by atoms with E-state index in [1.165, 1.54) is 0 Å². The van der Waals surface area contributed by atoms with Crippen LogP contribution in [0.15, 0.2) is 0 Å². The summed E-state index contributed by atoms with van der Waals surface area (Å²) in [7, 11) is 1.60. The second-order valence-corrected chi connectivity index (χ2v) is 5.86. The van der Waals surface area contributed by atoms with Gasteiger partial charge in [-0.15, -0.1) is 0 Å². The SMILES string of the molecule is CNC(=O)C1CCCCN1C(=O)C1(C(N)=S)CCC1. The number of likely N-dealkylation sites (tertiary alicyclic amines) is 1. The molecule has 1 aliphatic heterocycles. The molecule has 2 aliphatic rings. The van der Waals surface area contributed by atoms with Crippen molar-refractivity contribution in [2.45, 2.75) is 44.6 Å². The predicted octanol–water partition coefficient (Wildman–Crippen LogP) is 0.570. The molecule has 1 unspecified atom stereocenters. The van der Waals surface area contributed by atoms with Crippen molar-refractivity contribution in [3.05, 3.63) is 0 Å². The van der Waals surface area contributed by atoms with Crippen molar-refractivity contribution in [3.8, 4) is 0 Å². The van der Waals surface area contributed by atoms with Crippen LogP contribution in [0.3, 0.4) is 0 Å². The fraction of sp³-hybridized carbons (Fsp3) is 0.769. The first-order valence-electron chi connectivity index (χ1n) is 6.85. The molecule has 0 spiro atoms. The van der Waals surface area contributed by atoms with Gasteiger partial charge < -0.3 is 16.0 Å². The maximum Gasteiger partial charge on any atom is 0.242 e. The fourth-order valence-electron chi connectivity index (χ4n) is 2.98. The van der Waals surface area contributed by atoms with E-state index in [0.29, 0.717) is 6.54 Å². The molecular formula is C13H21N3O2S. The zero-order valence-electron chi connectivity index (χ0n) is 11.3. The summed E-state index contributed by atoms with van der Waals surface area (Å²) >= 11 is 5.09. The third kappa shape index (κ3) is 2.33. The molecule has 2 amide bonds. The summed E-state index contributed by atoms with van der Waals surface area (Å²) < 4.78 is 0. The maximum atomic E-state index is 12.8. The number of nitrogens with one attached hydrogen (secondary N) is 1. The maximum absolute atomic E-state index is 12.8. The van der Waals surface area contributed by atoms with E-state index in [-0.39, 0.29) is 22.8 Å². The molecule has 106 valence electrons. The van der Waals surface area contributed by atoms with Crippen molar-refractivity contribution < 1.29 is 9.59 Å². The highest BCUT2D eigenvalue weighted by atomic mass is 32.1. The number of carbonyl (C=O) groups is 2. The van der Waals surface area contributed by atoms with Gasteiger partial charge >= 0.3 is 0 Å². The summed E-state index contributed by atoms with van der Waals surface area (Å²) in [6, 6.07) is -0.363. The Bertz CT molecular complexity index is 407. The molecule has 0 aromatic heterocycles. The minimum atomic E-state index is -0.682. The van der Waals surface area contributed by atoms with E-state index in [4.69, 9.17) is 18.0 Å². The Kier molecular flexibility index (Phi) is 4.08. The topological polar surface area (TPSA) is 75.4 Å². The molecule has 1 saturated carbocycles. The number of amides is 2.